The molecular formula is C13H14NO-. The number of hydrogen-bond acceptors (Lipinski definition) is 2. The summed E-state index contributed by atoms with van der Waals surface area (Å²) >= 11 is 0. The molecule has 0 heterocycles. The second-order valence-corrected chi connectivity index (χ2v) is 3.74. The van der Waals surface area contributed by atoms with Crippen molar-refractivity contribution in [2.75, 3.05) is 0 Å². The smallest absolute Gasteiger partial charge is 0.118 e. The second kappa shape index (κ2) is 3.46. The van der Waals surface area contributed by atoms with Gasteiger partial charge in [-0.1, -0.05) is 37.2 Å². The SMILES string of the molecule is CCc1cc(C2=C(C)[C-]=C2N)ccc1O. The summed E-state index contributed by atoms with van der Waals surface area (Å²) in [4.78, 5) is 0. The fraction of sp³-hybridized carbons (Fsp3) is 0.231. The third-order valence-corrected chi connectivity index (χ3v) is 2.72. The van der Waals surface area contributed by atoms with Gasteiger partial charge in [0.15, 0.2) is 0 Å². The molecule has 3 N–H and O–H groups in total. The number of nitrogens with two attached hydrogens (primary N) is 1. The lowest BCUT2D eigenvalue weighted by atomic mass is 9.88. The highest BCUT2D eigenvalue weighted by Gasteiger charge is 2.08. The Morgan fingerprint density at radius 3 is 2.67 bits per heavy atom. The Morgan fingerprint density at radius 1 is 1.40 bits per heavy atom. The average Bonchev–Trinajstić information content (AvgIpc) is 2.20. The summed E-state index contributed by atoms with van der Waals surface area (Å²) in [5, 5.41) is 9.57. The lowest BCUT2D eigenvalue weighted by Gasteiger charge is -2.28. The molecule has 0 fully saturated rings. The van der Waals surface area contributed by atoms with Gasteiger partial charge in [0.2, 0.25) is 0 Å². The molecule has 0 saturated heterocycles. The number of rotatable bonds is 2. The van der Waals surface area contributed by atoms with Gasteiger partial charge in [-0.3, -0.25) is 0 Å². The minimum atomic E-state index is 0.352. The highest BCUT2D eigenvalue weighted by molar-refractivity contribution is 5.87. The van der Waals surface area contributed by atoms with Crippen LogP contribution in [0.15, 0.2) is 29.5 Å². The molecule has 2 heteroatoms. The Morgan fingerprint density at radius 2 is 2.13 bits per heavy atom. The normalized spacial score (nSPS) is 14.9. The van der Waals surface area contributed by atoms with Crippen molar-refractivity contribution in [1.29, 1.82) is 0 Å². The van der Waals surface area contributed by atoms with Crippen LogP contribution in [-0.4, -0.2) is 5.11 Å². The first kappa shape index (κ1) is 9.84. The van der Waals surface area contributed by atoms with Crippen LogP contribution in [-0.2, 0) is 6.42 Å². The fourth-order valence-corrected chi connectivity index (χ4v) is 1.86. The molecule has 0 aromatic heterocycles. The summed E-state index contributed by atoms with van der Waals surface area (Å²) in [6.07, 6.45) is 3.84. The summed E-state index contributed by atoms with van der Waals surface area (Å²) in [5.74, 6) is 0.352. The maximum atomic E-state index is 9.57. The van der Waals surface area contributed by atoms with Gasteiger partial charge in [-0.25, -0.2) is 0 Å². The van der Waals surface area contributed by atoms with Crippen molar-refractivity contribution < 1.29 is 5.11 Å². The van der Waals surface area contributed by atoms with Crippen LogP contribution in [0.25, 0.3) is 5.57 Å². The summed E-state index contributed by atoms with van der Waals surface area (Å²) in [5.41, 5.74) is 10.6. The van der Waals surface area contributed by atoms with E-state index in [0.29, 0.717) is 11.4 Å². The first-order valence-electron chi connectivity index (χ1n) is 5.06. The lowest BCUT2D eigenvalue weighted by molar-refractivity contribution is 0.469. The molecule has 1 aliphatic rings. The van der Waals surface area contributed by atoms with Crippen LogP contribution in [0.2, 0.25) is 0 Å². The minimum Gasteiger partial charge on any atom is -0.508 e. The van der Waals surface area contributed by atoms with Crippen LogP contribution >= 0.6 is 0 Å². The Bertz CT molecular complexity index is 469. The average molecular weight is 200 g/mol. The largest absolute Gasteiger partial charge is 0.508 e. The summed E-state index contributed by atoms with van der Waals surface area (Å²) in [7, 11) is 0. The number of allylic oxidation sites excluding steroid dienone is 3. The molecule has 1 aliphatic carbocycles. The Balaban J connectivity index is 2.43. The molecule has 0 aliphatic heterocycles. The van der Waals surface area contributed by atoms with E-state index in [1.54, 1.807) is 6.07 Å². The highest BCUT2D eigenvalue weighted by Crippen LogP contribution is 2.33. The lowest BCUT2D eigenvalue weighted by Crippen LogP contribution is -2.10. The van der Waals surface area contributed by atoms with E-state index in [0.717, 1.165) is 28.7 Å². The molecular weight excluding hydrogens is 186 g/mol. The third kappa shape index (κ3) is 1.52. The Hall–Kier alpha value is -1.70. The van der Waals surface area contributed by atoms with Crippen LogP contribution in [0, 0.1) is 6.08 Å². The Kier molecular flexibility index (Phi) is 2.27. The molecule has 1 aromatic carbocycles. The molecule has 2 rings (SSSR count). The van der Waals surface area contributed by atoms with Crippen molar-refractivity contribution in [2.24, 2.45) is 5.73 Å². The van der Waals surface area contributed by atoms with Crippen molar-refractivity contribution in [3.63, 3.8) is 0 Å². The third-order valence-electron chi connectivity index (χ3n) is 2.72. The quantitative estimate of drug-likeness (QED) is 0.720. The first-order valence-corrected chi connectivity index (χ1v) is 5.06. The van der Waals surface area contributed by atoms with Crippen LogP contribution in [0.3, 0.4) is 0 Å². The van der Waals surface area contributed by atoms with E-state index in [4.69, 9.17) is 5.73 Å². The van der Waals surface area contributed by atoms with E-state index in [1.807, 2.05) is 26.0 Å². The van der Waals surface area contributed by atoms with Crippen molar-refractivity contribution in [3.05, 3.63) is 46.7 Å². The maximum absolute atomic E-state index is 9.57. The monoisotopic (exact) mass is 200 g/mol. The topological polar surface area (TPSA) is 46.2 Å². The Labute approximate surface area is 89.7 Å². The molecule has 15 heavy (non-hydrogen) atoms. The number of benzene rings is 1. The van der Waals surface area contributed by atoms with Crippen molar-refractivity contribution in [1.82, 2.24) is 0 Å². The molecule has 2 nitrogen and oxygen atoms in total. The van der Waals surface area contributed by atoms with E-state index < -0.39 is 0 Å². The van der Waals surface area contributed by atoms with Gasteiger partial charge in [0.05, 0.1) is 0 Å². The zero-order valence-electron chi connectivity index (χ0n) is 8.96. The molecule has 0 saturated carbocycles. The number of aromatic hydroxyl groups is 1. The molecule has 0 amide bonds. The zero-order chi connectivity index (χ0) is 11.0. The summed E-state index contributed by atoms with van der Waals surface area (Å²) < 4.78 is 0. The predicted molar refractivity (Wildman–Crippen MR) is 61.0 cm³/mol. The van der Waals surface area contributed by atoms with Gasteiger partial charge in [-0.2, -0.15) is 11.6 Å². The molecule has 0 bridgehead atoms. The van der Waals surface area contributed by atoms with Crippen LogP contribution < -0.4 is 5.73 Å². The van der Waals surface area contributed by atoms with Gasteiger partial charge in [-0.05, 0) is 18.1 Å². The van der Waals surface area contributed by atoms with E-state index in [-0.39, 0.29) is 0 Å². The number of hydrogen-bond donors (Lipinski definition) is 2. The molecule has 0 spiro atoms. The highest BCUT2D eigenvalue weighted by atomic mass is 16.3. The maximum Gasteiger partial charge on any atom is 0.118 e. The second-order valence-electron chi connectivity index (χ2n) is 3.74. The van der Waals surface area contributed by atoms with Gasteiger partial charge in [0.25, 0.3) is 0 Å². The number of phenolic OH excluding ortho intramolecular Hbond substituents is 1. The number of phenols is 1. The van der Waals surface area contributed by atoms with Gasteiger partial charge in [0.1, 0.15) is 5.75 Å². The van der Waals surface area contributed by atoms with Gasteiger partial charge in [-0.15, -0.1) is 5.57 Å². The van der Waals surface area contributed by atoms with Gasteiger partial charge >= 0.3 is 0 Å². The van der Waals surface area contributed by atoms with Crippen molar-refractivity contribution in [3.8, 4) is 5.75 Å². The van der Waals surface area contributed by atoms with Gasteiger partial charge in [0, 0.05) is 0 Å². The molecule has 78 valence electrons. The standard InChI is InChI=1S/C13H14NO/c1-3-9-7-10(4-5-12(9)15)13-8(2)6-11(13)14/h4-5,7,15H,3,14H2,1-2H3/q-1. The summed E-state index contributed by atoms with van der Waals surface area (Å²) in [6.45, 7) is 4.01. The predicted octanol–water partition coefficient (Wildman–Crippen LogP) is 2.39. The van der Waals surface area contributed by atoms with E-state index in [2.05, 4.69) is 6.08 Å². The summed E-state index contributed by atoms with van der Waals surface area (Å²) in [6, 6.07) is 5.60. The molecule has 0 unspecified atom stereocenters. The molecule has 0 radical (unpaired) electrons. The fourth-order valence-electron chi connectivity index (χ4n) is 1.86. The van der Waals surface area contributed by atoms with Crippen LogP contribution in [0.1, 0.15) is 25.0 Å². The van der Waals surface area contributed by atoms with E-state index in [1.165, 1.54) is 0 Å². The van der Waals surface area contributed by atoms with E-state index >= 15 is 0 Å². The van der Waals surface area contributed by atoms with E-state index in [9.17, 15) is 5.11 Å². The van der Waals surface area contributed by atoms with Crippen molar-refractivity contribution in [2.45, 2.75) is 20.3 Å². The zero-order valence-corrected chi connectivity index (χ0v) is 8.96. The first-order chi connectivity index (χ1) is 7.13. The van der Waals surface area contributed by atoms with Crippen LogP contribution in [0.4, 0.5) is 0 Å². The van der Waals surface area contributed by atoms with Gasteiger partial charge < -0.3 is 10.8 Å². The van der Waals surface area contributed by atoms with Crippen LogP contribution in [0.5, 0.6) is 5.75 Å². The molecule has 1 aromatic rings. The number of aryl methyl sites for hydroxylation is 1. The van der Waals surface area contributed by atoms with Crippen molar-refractivity contribution >= 4 is 5.57 Å². The minimum absolute atomic E-state index is 0.352. The molecule has 0 atom stereocenters.